The fourth-order valence-electron chi connectivity index (χ4n) is 2.83. The minimum atomic E-state index is 0.648. The average molecular weight is 262 g/mol. The third-order valence-corrected chi connectivity index (χ3v) is 3.83. The van der Waals surface area contributed by atoms with Gasteiger partial charge < -0.3 is 10.2 Å². The summed E-state index contributed by atoms with van der Waals surface area (Å²) in [5.41, 5.74) is 0. The largest absolute Gasteiger partial charge is 0.369 e. The molecule has 2 rings (SSSR count). The molecule has 0 spiro atoms. The van der Waals surface area contributed by atoms with Crippen molar-refractivity contribution in [2.75, 3.05) is 23.3 Å². The SMILES string of the molecule is CCCNc1cncc(N(CC)C2CCCCC2)n1. The molecule has 1 heterocycles. The van der Waals surface area contributed by atoms with Gasteiger partial charge in [-0.2, -0.15) is 0 Å². The minimum absolute atomic E-state index is 0.648. The maximum atomic E-state index is 4.71. The van der Waals surface area contributed by atoms with Gasteiger partial charge in [0, 0.05) is 19.1 Å². The topological polar surface area (TPSA) is 41.1 Å². The normalized spacial score (nSPS) is 16.3. The van der Waals surface area contributed by atoms with Crippen molar-refractivity contribution in [1.29, 1.82) is 0 Å². The van der Waals surface area contributed by atoms with Gasteiger partial charge in [0.05, 0.1) is 12.4 Å². The zero-order chi connectivity index (χ0) is 13.5. The van der Waals surface area contributed by atoms with Gasteiger partial charge in [-0.15, -0.1) is 0 Å². The first-order valence-corrected chi connectivity index (χ1v) is 7.67. The van der Waals surface area contributed by atoms with Crippen LogP contribution in [0.2, 0.25) is 0 Å². The molecule has 4 heteroatoms. The summed E-state index contributed by atoms with van der Waals surface area (Å²) in [6.45, 7) is 6.33. The van der Waals surface area contributed by atoms with Crippen molar-refractivity contribution in [3.8, 4) is 0 Å². The Morgan fingerprint density at radius 2 is 2.00 bits per heavy atom. The number of nitrogens with one attached hydrogen (secondary N) is 1. The highest BCUT2D eigenvalue weighted by Gasteiger charge is 2.21. The van der Waals surface area contributed by atoms with Crippen LogP contribution in [-0.4, -0.2) is 29.1 Å². The van der Waals surface area contributed by atoms with Crippen LogP contribution in [0.15, 0.2) is 12.4 Å². The first kappa shape index (κ1) is 14.1. The van der Waals surface area contributed by atoms with E-state index in [1.807, 2.05) is 12.4 Å². The van der Waals surface area contributed by atoms with Gasteiger partial charge in [0.1, 0.15) is 11.6 Å². The molecule has 0 unspecified atom stereocenters. The van der Waals surface area contributed by atoms with Crippen molar-refractivity contribution in [2.45, 2.75) is 58.4 Å². The second-order valence-electron chi connectivity index (χ2n) is 5.27. The second-order valence-corrected chi connectivity index (χ2v) is 5.27. The van der Waals surface area contributed by atoms with Crippen molar-refractivity contribution < 1.29 is 0 Å². The minimum Gasteiger partial charge on any atom is -0.369 e. The first-order chi connectivity index (χ1) is 9.35. The maximum absolute atomic E-state index is 4.71. The molecular formula is C15H26N4. The predicted molar refractivity (Wildman–Crippen MR) is 80.7 cm³/mol. The zero-order valence-corrected chi connectivity index (χ0v) is 12.2. The molecule has 1 saturated carbocycles. The van der Waals surface area contributed by atoms with Gasteiger partial charge in [-0.1, -0.05) is 26.2 Å². The van der Waals surface area contributed by atoms with E-state index in [1.165, 1.54) is 32.1 Å². The summed E-state index contributed by atoms with van der Waals surface area (Å²) in [5, 5.41) is 3.32. The lowest BCUT2D eigenvalue weighted by Crippen LogP contribution is -2.37. The van der Waals surface area contributed by atoms with E-state index in [0.29, 0.717) is 6.04 Å². The van der Waals surface area contributed by atoms with Gasteiger partial charge in [0.2, 0.25) is 0 Å². The first-order valence-electron chi connectivity index (χ1n) is 7.67. The van der Waals surface area contributed by atoms with E-state index < -0.39 is 0 Å². The molecular weight excluding hydrogens is 236 g/mol. The summed E-state index contributed by atoms with van der Waals surface area (Å²) in [4.78, 5) is 11.5. The Bertz CT molecular complexity index is 374. The van der Waals surface area contributed by atoms with Gasteiger partial charge in [0.25, 0.3) is 0 Å². The molecule has 1 aliphatic rings. The number of anilines is 2. The predicted octanol–water partition coefficient (Wildman–Crippen LogP) is 3.46. The van der Waals surface area contributed by atoms with Crippen molar-refractivity contribution >= 4 is 11.6 Å². The monoisotopic (exact) mass is 262 g/mol. The van der Waals surface area contributed by atoms with Crippen molar-refractivity contribution in [3.05, 3.63) is 12.4 Å². The molecule has 1 aromatic heterocycles. The number of hydrogen-bond donors (Lipinski definition) is 1. The van der Waals surface area contributed by atoms with E-state index in [9.17, 15) is 0 Å². The van der Waals surface area contributed by atoms with Crippen LogP contribution in [0.4, 0.5) is 11.6 Å². The summed E-state index contributed by atoms with van der Waals surface area (Å²) in [5.74, 6) is 1.92. The van der Waals surface area contributed by atoms with Gasteiger partial charge in [-0.25, -0.2) is 4.98 Å². The molecule has 1 aliphatic carbocycles. The van der Waals surface area contributed by atoms with Gasteiger partial charge in [-0.05, 0) is 26.2 Å². The number of hydrogen-bond acceptors (Lipinski definition) is 4. The highest BCUT2D eigenvalue weighted by atomic mass is 15.2. The highest BCUT2D eigenvalue weighted by molar-refractivity contribution is 5.44. The summed E-state index contributed by atoms with van der Waals surface area (Å²) in [7, 11) is 0. The lowest BCUT2D eigenvalue weighted by molar-refractivity contribution is 0.416. The molecule has 0 radical (unpaired) electrons. The average Bonchev–Trinajstić information content (AvgIpc) is 2.47. The van der Waals surface area contributed by atoms with Crippen LogP contribution in [0.5, 0.6) is 0 Å². The van der Waals surface area contributed by atoms with Crippen LogP contribution >= 0.6 is 0 Å². The molecule has 1 aromatic rings. The fourth-order valence-corrected chi connectivity index (χ4v) is 2.83. The number of aromatic nitrogens is 2. The molecule has 0 amide bonds. The number of nitrogens with zero attached hydrogens (tertiary/aromatic N) is 3. The standard InChI is InChI=1S/C15H26N4/c1-3-10-17-14-11-16-12-15(18-14)19(4-2)13-8-6-5-7-9-13/h11-13H,3-10H2,1-2H3,(H,17,18). The van der Waals surface area contributed by atoms with Crippen molar-refractivity contribution in [2.24, 2.45) is 0 Å². The second kappa shape index (κ2) is 7.31. The van der Waals surface area contributed by atoms with Crippen LogP contribution in [0, 0.1) is 0 Å². The molecule has 0 atom stereocenters. The summed E-state index contributed by atoms with van der Waals surface area (Å²) < 4.78 is 0. The van der Waals surface area contributed by atoms with E-state index >= 15 is 0 Å². The third-order valence-electron chi connectivity index (χ3n) is 3.83. The quantitative estimate of drug-likeness (QED) is 0.852. The molecule has 106 valence electrons. The lowest BCUT2D eigenvalue weighted by atomic mass is 9.94. The molecule has 0 saturated heterocycles. The van der Waals surface area contributed by atoms with Crippen LogP contribution < -0.4 is 10.2 Å². The van der Waals surface area contributed by atoms with E-state index in [1.54, 1.807) is 0 Å². The fraction of sp³-hybridized carbons (Fsp3) is 0.733. The van der Waals surface area contributed by atoms with Crippen LogP contribution in [0.3, 0.4) is 0 Å². The zero-order valence-electron chi connectivity index (χ0n) is 12.2. The van der Waals surface area contributed by atoms with Crippen LogP contribution in [0.1, 0.15) is 52.4 Å². The number of rotatable bonds is 6. The molecule has 1 N–H and O–H groups in total. The Morgan fingerprint density at radius 3 is 2.68 bits per heavy atom. The smallest absolute Gasteiger partial charge is 0.149 e. The van der Waals surface area contributed by atoms with E-state index in [-0.39, 0.29) is 0 Å². The molecule has 0 aromatic carbocycles. The lowest BCUT2D eigenvalue weighted by Gasteiger charge is -2.34. The maximum Gasteiger partial charge on any atom is 0.149 e. The van der Waals surface area contributed by atoms with Gasteiger partial charge in [0.15, 0.2) is 0 Å². The van der Waals surface area contributed by atoms with Crippen molar-refractivity contribution in [1.82, 2.24) is 9.97 Å². The van der Waals surface area contributed by atoms with E-state index in [4.69, 9.17) is 4.98 Å². The Kier molecular flexibility index (Phi) is 5.43. The van der Waals surface area contributed by atoms with Gasteiger partial charge >= 0.3 is 0 Å². The molecule has 0 aliphatic heterocycles. The van der Waals surface area contributed by atoms with Crippen LogP contribution in [-0.2, 0) is 0 Å². The Hall–Kier alpha value is -1.32. The third kappa shape index (κ3) is 3.82. The summed E-state index contributed by atoms with van der Waals surface area (Å²) in [6.07, 6.45) is 11.5. The molecule has 1 fully saturated rings. The highest BCUT2D eigenvalue weighted by Crippen LogP contribution is 2.26. The van der Waals surface area contributed by atoms with Gasteiger partial charge in [-0.3, -0.25) is 4.98 Å². The van der Waals surface area contributed by atoms with Crippen molar-refractivity contribution in [3.63, 3.8) is 0 Å². The van der Waals surface area contributed by atoms with Crippen LogP contribution in [0.25, 0.3) is 0 Å². The van der Waals surface area contributed by atoms with E-state index in [0.717, 1.165) is 31.1 Å². The summed E-state index contributed by atoms with van der Waals surface area (Å²) >= 11 is 0. The Balaban J connectivity index is 2.08. The Labute approximate surface area is 116 Å². The molecule has 0 bridgehead atoms. The Morgan fingerprint density at radius 1 is 1.21 bits per heavy atom. The molecule has 4 nitrogen and oxygen atoms in total. The van der Waals surface area contributed by atoms with E-state index in [2.05, 4.69) is 29.0 Å². The molecule has 19 heavy (non-hydrogen) atoms. The summed E-state index contributed by atoms with van der Waals surface area (Å²) in [6, 6.07) is 0.648.